The Labute approximate surface area is 247 Å². The van der Waals surface area contributed by atoms with Gasteiger partial charge in [-0.1, -0.05) is 104 Å². The number of rotatable bonds is 25. The number of unbranched alkanes of at least 4 members (excludes halogenated alkanes) is 14. The number of ether oxygens (including phenoxy) is 4. The Balaban J connectivity index is 2.46. The van der Waals surface area contributed by atoms with Gasteiger partial charge in [0, 0.05) is 12.8 Å². The zero-order chi connectivity index (χ0) is 30.3. The van der Waals surface area contributed by atoms with E-state index in [2.05, 4.69) is 13.8 Å². The summed E-state index contributed by atoms with van der Waals surface area (Å²) >= 11 is 0. The maximum Gasteiger partial charge on any atom is 0.306 e. The highest BCUT2D eigenvalue weighted by atomic mass is 16.7. The normalized spacial score (nSPS) is 23.3. The Morgan fingerprint density at radius 2 is 1.15 bits per heavy atom. The number of aliphatic hydroxyl groups excluding tert-OH is 4. The van der Waals surface area contributed by atoms with Crippen molar-refractivity contribution in [1.29, 1.82) is 0 Å². The van der Waals surface area contributed by atoms with E-state index in [0.29, 0.717) is 6.42 Å². The zero-order valence-electron chi connectivity index (χ0n) is 25.6. The fourth-order valence-corrected chi connectivity index (χ4v) is 4.83. The van der Waals surface area contributed by atoms with E-state index in [4.69, 9.17) is 18.9 Å². The monoisotopic (exact) mass is 590 g/mol. The predicted molar refractivity (Wildman–Crippen MR) is 155 cm³/mol. The largest absolute Gasteiger partial charge is 0.462 e. The van der Waals surface area contributed by atoms with Crippen LogP contribution < -0.4 is 0 Å². The molecule has 0 aromatic carbocycles. The van der Waals surface area contributed by atoms with Gasteiger partial charge in [-0.05, 0) is 12.8 Å². The van der Waals surface area contributed by atoms with Gasteiger partial charge in [-0.15, -0.1) is 0 Å². The molecular formula is C31H58O10. The van der Waals surface area contributed by atoms with E-state index in [0.717, 1.165) is 51.4 Å². The molecule has 1 fully saturated rings. The SMILES string of the molecule is CCCCCCCCCCCCCC(=O)O[C@H](COC(=O)CCCCCCC)CO[C@@H]1O[C@H](CO)[C@H](O)[C@H](O)[C@H]1O. The molecule has 10 nitrogen and oxygen atoms in total. The van der Waals surface area contributed by atoms with Crippen LogP contribution >= 0.6 is 0 Å². The van der Waals surface area contributed by atoms with E-state index >= 15 is 0 Å². The van der Waals surface area contributed by atoms with E-state index in [1.165, 1.54) is 44.9 Å². The molecule has 1 heterocycles. The standard InChI is InChI=1S/C31H58O10/c1-3-5-7-9-10-11-12-13-14-16-18-20-27(34)40-24(22-38-26(33)19-17-15-8-6-4-2)23-39-31-30(37)29(36)28(35)25(21-32)41-31/h24-25,28-32,35-37H,3-23H2,1-2H3/t24-,25-,28+,29+,30-,31-/m1/s1. The van der Waals surface area contributed by atoms with Crippen LogP contribution in [0, 0.1) is 0 Å². The molecule has 242 valence electrons. The van der Waals surface area contributed by atoms with Crippen LogP contribution in [-0.4, -0.2) is 89.0 Å². The average molecular weight is 591 g/mol. The van der Waals surface area contributed by atoms with E-state index in [9.17, 15) is 30.0 Å². The molecule has 0 bridgehead atoms. The second-order valence-corrected chi connectivity index (χ2v) is 11.3. The molecule has 1 aliphatic heterocycles. The maximum absolute atomic E-state index is 12.5. The molecular weight excluding hydrogens is 532 g/mol. The second kappa shape index (κ2) is 24.2. The third-order valence-corrected chi connectivity index (χ3v) is 7.49. The van der Waals surface area contributed by atoms with Crippen LogP contribution in [0.3, 0.4) is 0 Å². The molecule has 1 rings (SSSR count). The molecule has 0 unspecified atom stereocenters. The van der Waals surface area contributed by atoms with Crippen molar-refractivity contribution in [3.05, 3.63) is 0 Å². The van der Waals surface area contributed by atoms with Gasteiger partial charge < -0.3 is 39.4 Å². The Morgan fingerprint density at radius 1 is 0.659 bits per heavy atom. The summed E-state index contributed by atoms with van der Waals surface area (Å²) in [6.07, 6.45) is 10.3. The molecule has 1 aliphatic rings. The molecule has 0 spiro atoms. The number of hydrogen-bond acceptors (Lipinski definition) is 10. The minimum atomic E-state index is -1.58. The van der Waals surface area contributed by atoms with Crippen LogP contribution in [-0.2, 0) is 28.5 Å². The molecule has 10 heteroatoms. The van der Waals surface area contributed by atoms with Gasteiger partial charge in [0.15, 0.2) is 12.4 Å². The third-order valence-electron chi connectivity index (χ3n) is 7.49. The van der Waals surface area contributed by atoms with Gasteiger partial charge in [0.05, 0.1) is 13.2 Å². The van der Waals surface area contributed by atoms with Crippen LogP contribution in [0.1, 0.15) is 129 Å². The highest BCUT2D eigenvalue weighted by molar-refractivity contribution is 5.70. The Morgan fingerprint density at radius 3 is 1.66 bits per heavy atom. The number of carbonyl (C=O) groups is 2. The highest BCUT2D eigenvalue weighted by Crippen LogP contribution is 2.22. The molecule has 0 aromatic heterocycles. The topological polar surface area (TPSA) is 152 Å². The summed E-state index contributed by atoms with van der Waals surface area (Å²) in [4.78, 5) is 24.7. The minimum Gasteiger partial charge on any atom is -0.462 e. The van der Waals surface area contributed by atoms with Crippen LogP contribution in [0.25, 0.3) is 0 Å². The van der Waals surface area contributed by atoms with Crippen molar-refractivity contribution >= 4 is 11.9 Å². The van der Waals surface area contributed by atoms with Crippen molar-refractivity contribution in [3.8, 4) is 0 Å². The first-order valence-electron chi connectivity index (χ1n) is 16.1. The van der Waals surface area contributed by atoms with Crippen LogP contribution in [0.15, 0.2) is 0 Å². The van der Waals surface area contributed by atoms with Crippen molar-refractivity contribution in [2.45, 2.75) is 166 Å². The smallest absolute Gasteiger partial charge is 0.306 e. The molecule has 0 saturated carbocycles. The lowest BCUT2D eigenvalue weighted by Crippen LogP contribution is -2.59. The lowest BCUT2D eigenvalue weighted by molar-refractivity contribution is -0.305. The van der Waals surface area contributed by atoms with E-state index in [-0.39, 0.29) is 32.0 Å². The van der Waals surface area contributed by atoms with Gasteiger partial charge in [0.1, 0.15) is 31.0 Å². The fraction of sp³-hybridized carbons (Fsp3) is 0.935. The van der Waals surface area contributed by atoms with Crippen molar-refractivity contribution < 1.29 is 49.0 Å². The van der Waals surface area contributed by atoms with Crippen molar-refractivity contribution in [2.24, 2.45) is 0 Å². The molecule has 4 N–H and O–H groups in total. The van der Waals surface area contributed by atoms with Crippen molar-refractivity contribution in [1.82, 2.24) is 0 Å². The molecule has 1 saturated heterocycles. The molecule has 41 heavy (non-hydrogen) atoms. The van der Waals surface area contributed by atoms with Gasteiger partial charge in [-0.2, -0.15) is 0 Å². The summed E-state index contributed by atoms with van der Waals surface area (Å²) in [6.45, 7) is 3.28. The first-order chi connectivity index (χ1) is 19.8. The van der Waals surface area contributed by atoms with Crippen molar-refractivity contribution in [3.63, 3.8) is 0 Å². The summed E-state index contributed by atoms with van der Waals surface area (Å²) in [5, 5.41) is 39.6. The molecule has 0 aliphatic carbocycles. The van der Waals surface area contributed by atoms with E-state index < -0.39 is 49.4 Å². The minimum absolute atomic E-state index is 0.213. The van der Waals surface area contributed by atoms with E-state index in [1.54, 1.807) is 0 Å². The summed E-state index contributed by atoms with van der Waals surface area (Å²) in [7, 11) is 0. The summed E-state index contributed by atoms with van der Waals surface area (Å²) in [6, 6.07) is 0. The van der Waals surface area contributed by atoms with Gasteiger partial charge in [-0.25, -0.2) is 0 Å². The van der Waals surface area contributed by atoms with Gasteiger partial charge in [0.2, 0.25) is 0 Å². The fourth-order valence-electron chi connectivity index (χ4n) is 4.83. The zero-order valence-corrected chi connectivity index (χ0v) is 25.6. The quantitative estimate of drug-likeness (QED) is 0.0893. The lowest BCUT2D eigenvalue weighted by atomic mass is 9.99. The summed E-state index contributed by atoms with van der Waals surface area (Å²) < 4.78 is 21.8. The lowest BCUT2D eigenvalue weighted by Gasteiger charge is -2.39. The van der Waals surface area contributed by atoms with Gasteiger partial charge in [0.25, 0.3) is 0 Å². The Kier molecular flexibility index (Phi) is 22.2. The first-order valence-corrected chi connectivity index (χ1v) is 16.1. The van der Waals surface area contributed by atoms with Crippen LogP contribution in [0.2, 0.25) is 0 Å². The average Bonchev–Trinajstić information content (AvgIpc) is 2.96. The summed E-state index contributed by atoms with van der Waals surface area (Å²) in [5.41, 5.74) is 0. The number of aliphatic hydroxyl groups is 4. The molecule has 0 aromatic rings. The predicted octanol–water partition coefficient (Wildman–Crippen LogP) is 4.32. The maximum atomic E-state index is 12.5. The molecule has 0 radical (unpaired) electrons. The van der Waals surface area contributed by atoms with Crippen molar-refractivity contribution in [2.75, 3.05) is 19.8 Å². The Bertz CT molecular complexity index is 659. The van der Waals surface area contributed by atoms with Gasteiger partial charge >= 0.3 is 11.9 Å². The summed E-state index contributed by atoms with van der Waals surface area (Å²) in [5.74, 6) is -0.820. The van der Waals surface area contributed by atoms with E-state index in [1.807, 2.05) is 0 Å². The van der Waals surface area contributed by atoms with Crippen LogP contribution in [0.5, 0.6) is 0 Å². The molecule has 6 atom stereocenters. The highest BCUT2D eigenvalue weighted by Gasteiger charge is 2.44. The second-order valence-electron chi connectivity index (χ2n) is 11.3. The third kappa shape index (κ3) is 17.4. The van der Waals surface area contributed by atoms with Crippen LogP contribution in [0.4, 0.5) is 0 Å². The number of hydrogen-bond donors (Lipinski definition) is 4. The number of esters is 2. The Hall–Kier alpha value is -1.30. The van der Waals surface area contributed by atoms with Gasteiger partial charge in [-0.3, -0.25) is 9.59 Å². The number of carbonyl (C=O) groups excluding carboxylic acids is 2. The first kappa shape index (κ1) is 37.7. The molecule has 0 amide bonds.